The van der Waals surface area contributed by atoms with E-state index in [2.05, 4.69) is 26.1 Å². The summed E-state index contributed by atoms with van der Waals surface area (Å²) in [6.07, 6.45) is 7.78. The van der Waals surface area contributed by atoms with Gasteiger partial charge in [0.25, 0.3) is 0 Å². The zero-order chi connectivity index (χ0) is 13.4. The van der Waals surface area contributed by atoms with E-state index in [1.165, 1.54) is 19.3 Å². The highest BCUT2D eigenvalue weighted by Crippen LogP contribution is 2.23. The van der Waals surface area contributed by atoms with E-state index in [0.717, 1.165) is 38.2 Å². The molecule has 0 aromatic heterocycles. The van der Waals surface area contributed by atoms with Crippen LogP contribution in [0.4, 0.5) is 0 Å². The van der Waals surface area contributed by atoms with Gasteiger partial charge in [0.2, 0.25) is 5.91 Å². The van der Waals surface area contributed by atoms with E-state index in [-0.39, 0.29) is 12.0 Å². The third-order valence-corrected chi connectivity index (χ3v) is 3.58. The Morgan fingerprint density at radius 3 is 2.28 bits per heavy atom. The number of hydrogen-bond donors (Lipinski definition) is 1. The first-order chi connectivity index (χ1) is 8.67. The van der Waals surface area contributed by atoms with Gasteiger partial charge < -0.3 is 10.1 Å². The fourth-order valence-corrected chi connectivity index (χ4v) is 2.48. The summed E-state index contributed by atoms with van der Waals surface area (Å²) in [5.74, 6) is 0.952. The van der Waals surface area contributed by atoms with Crippen molar-refractivity contribution in [3.63, 3.8) is 0 Å². The number of amides is 1. The van der Waals surface area contributed by atoms with E-state index in [9.17, 15) is 4.79 Å². The summed E-state index contributed by atoms with van der Waals surface area (Å²) >= 11 is 0. The second-order valence-electron chi connectivity index (χ2n) is 5.67. The molecule has 1 heterocycles. The van der Waals surface area contributed by atoms with Gasteiger partial charge in [-0.15, -0.1) is 0 Å². The van der Waals surface area contributed by atoms with Crippen LogP contribution in [0.3, 0.4) is 0 Å². The SMILES string of the molecule is CC1CCC(NC(=O)C2CCCO2)CC1.CCC. The highest BCUT2D eigenvalue weighted by molar-refractivity contribution is 5.81. The Hall–Kier alpha value is -0.570. The topological polar surface area (TPSA) is 38.3 Å². The molecule has 1 atom stereocenters. The van der Waals surface area contributed by atoms with E-state index in [4.69, 9.17) is 4.74 Å². The van der Waals surface area contributed by atoms with Crippen molar-refractivity contribution in [2.24, 2.45) is 5.92 Å². The molecule has 106 valence electrons. The molecule has 1 saturated carbocycles. The Morgan fingerprint density at radius 1 is 1.17 bits per heavy atom. The maximum Gasteiger partial charge on any atom is 0.249 e. The molecule has 1 N–H and O–H groups in total. The summed E-state index contributed by atoms with van der Waals surface area (Å²) in [5, 5.41) is 3.12. The smallest absolute Gasteiger partial charge is 0.249 e. The van der Waals surface area contributed by atoms with E-state index < -0.39 is 0 Å². The normalized spacial score (nSPS) is 31.4. The van der Waals surface area contributed by atoms with Crippen LogP contribution in [0, 0.1) is 5.92 Å². The monoisotopic (exact) mass is 255 g/mol. The van der Waals surface area contributed by atoms with Crippen molar-refractivity contribution < 1.29 is 9.53 Å². The minimum absolute atomic E-state index is 0.118. The van der Waals surface area contributed by atoms with Gasteiger partial charge in [-0.25, -0.2) is 0 Å². The van der Waals surface area contributed by atoms with Gasteiger partial charge in [-0.3, -0.25) is 4.79 Å². The van der Waals surface area contributed by atoms with Gasteiger partial charge in [0.1, 0.15) is 6.10 Å². The zero-order valence-corrected chi connectivity index (χ0v) is 12.2. The lowest BCUT2D eigenvalue weighted by Crippen LogP contribution is -2.42. The van der Waals surface area contributed by atoms with Crippen molar-refractivity contribution in [3.8, 4) is 0 Å². The maximum absolute atomic E-state index is 11.8. The van der Waals surface area contributed by atoms with Gasteiger partial charge in [0.05, 0.1) is 0 Å². The van der Waals surface area contributed by atoms with Crippen LogP contribution < -0.4 is 5.32 Å². The fraction of sp³-hybridized carbons (Fsp3) is 0.933. The van der Waals surface area contributed by atoms with Crippen molar-refractivity contribution >= 4 is 5.91 Å². The number of nitrogens with one attached hydrogen (secondary N) is 1. The Labute approximate surface area is 112 Å². The van der Waals surface area contributed by atoms with Crippen LogP contribution in [0.15, 0.2) is 0 Å². The number of hydrogen-bond acceptors (Lipinski definition) is 2. The van der Waals surface area contributed by atoms with Crippen LogP contribution in [0.1, 0.15) is 65.7 Å². The summed E-state index contributed by atoms with van der Waals surface area (Å²) in [7, 11) is 0. The molecule has 1 aliphatic heterocycles. The van der Waals surface area contributed by atoms with Gasteiger partial charge in [-0.1, -0.05) is 27.2 Å². The minimum Gasteiger partial charge on any atom is -0.368 e. The first-order valence-electron chi connectivity index (χ1n) is 7.59. The van der Waals surface area contributed by atoms with E-state index >= 15 is 0 Å². The Bertz CT molecular complexity index is 229. The largest absolute Gasteiger partial charge is 0.368 e. The van der Waals surface area contributed by atoms with Crippen LogP contribution >= 0.6 is 0 Å². The molecule has 3 heteroatoms. The zero-order valence-electron chi connectivity index (χ0n) is 12.2. The predicted octanol–water partition coefficient (Wildman–Crippen LogP) is 3.28. The quantitative estimate of drug-likeness (QED) is 0.822. The molecule has 2 rings (SSSR count). The van der Waals surface area contributed by atoms with Crippen LogP contribution in [0.25, 0.3) is 0 Å². The van der Waals surface area contributed by atoms with Crippen LogP contribution in [-0.4, -0.2) is 24.7 Å². The highest BCUT2D eigenvalue weighted by Gasteiger charge is 2.26. The number of carbonyl (C=O) groups excluding carboxylic acids is 1. The lowest BCUT2D eigenvalue weighted by Gasteiger charge is -2.27. The standard InChI is InChI=1S/C12H21NO2.C3H8/c1-9-4-6-10(7-5-9)13-12(14)11-3-2-8-15-11;1-3-2/h9-11H,2-8H2,1H3,(H,13,14);3H2,1-2H3. The molecule has 1 saturated heterocycles. The molecule has 2 aliphatic rings. The summed E-state index contributed by atoms with van der Waals surface area (Å²) in [5.41, 5.74) is 0. The summed E-state index contributed by atoms with van der Waals surface area (Å²) < 4.78 is 5.37. The molecule has 0 bridgehead atoms. The molecule has 0 spiro atoms. The van der Waals surface area contributed by atoms with Crippen molar-refractivity contribution in [1.82, 2.24) is 5.32 Å². The molecule has 1 aliphatic carbocycles. The summed E-state index contributed by atoms with van der Waals surface area (Å²) in [6, 6.07) is 0.401. The lowest BCUT2D eigenvalue weighted by atomic mass is 9.87. The fourth-order valence-electron chi connectivity index (χ4n) is 2.48. The van der Waals surface area contributed by atoms with Gasteiger partial charge in [0.15, 0.2) is 0 Å². The molecule has 0 aromatic rings. The summed E-state index contributed by atoms with van der Waals surface area (Å²) in [4.78, 5) is 11.8. The van der Waals surface area contributed by atoms with Crippen molar-refractivity contribution in [2.45, 2.75) is 77.9 Å². The number of rotatable bonds is 2. The Balaban J connectivity index is 0.000000492. The third kappa shape index (κ3) is 5.38. The average Bonchev–Trinajstić information content (AvgIpc) is 2.87. The molecule has 0 radical (unpaired) electrons. The van der Waals surface area contributed by atoms with Crippen molar-refractivity contribution in [3.05, 3.63) is 0 Å². The Kier molecular flexibility index (Phi) is 7.33. The molecular formula is C15H29NO2. The van der Waals surface area contributed by atoms with Crippen LogP contribution in [-0.2, 0) is 9.53 Å². The Morgan fingerprint density at radius 2 is 1.78 bits per heavy atom. The van der Waals surface area contributed by atoms with E-state index in [1.807, 2.05) is 0 Å². The molecule has 2 fully saturated rings. The maximum atomic E-state index is 11.8. The third-order valence-electron chi connectivity index (χ3n) is 3.58. The molecule has 0 aromatic carbocycles. The van der Waals surface area contributed by atoms with E-state index in [0.29, 0.717) is 6.04 Å². The molecule has 3 nitrogen and oxygen atoms in total. The molecule has 18 heavy (non-hydrogen) atoms. The first-order valence-corrected chi connectivity index (χ1v) is 7.59. The van der Waals surface area contributed by atoms with Gasteiger partial charge in [-0.05, 0) is 44.4 Å². The van der Waals surface area contributed by atoms with Crippen molar-refractivity contribution in [2.75, 3.05) is 6.61 Å². The second kappa shape index (κ2) is 8.52. The van der Waals surface area contributed by atoms with Crippen molar-refractivity contribution in [1.29, 1.82) is 0 Å². The highest BCUT2D eigenvalue weighted by atomic mass is 16.5. The number of ether oxygens (including phenoxy) is 1. The number of carbonyl (C=O) groups is 1. The minimum atomic E-state index is -0.163. The van der Waals surface area contributed by atoms with Gasteiger partial charge >= 0.3 is 0 Å². The lowest BCUT2D eigenvalue weighted by molar-refractivity contribution is -0.131. The molecular weight excluding hydrogens is 226 g/mol. The average molecular weight is 255 g/mol. The van der Waals surface area contributed by atoms with Gasteiger partial charge in [0, 0.05) is 12.6 Å². The second-order valence-corrected chi connectivity index (χ2v) is 5.67. The summed E-state index contributed by atoms with van der Waals surface area (Å²) in [6.45, 7) is 7.29. The van der Waals surface area contributed by atoms with E-state index in [1.54, 1.807) is 0 Å². The molecule has 1 unspecified atom stereocenters. The predicted molar refractivity (Wildman–Crippen MR) is 74.5 cm³/mol. The first kappa shape index (κ1) is 15.5. The van der Waals surface area contributed by atoms with Crippen LogP contribution in [0.2, 0.25) is 0 Å². The molecule has 1 amide bonds. The van der Waals surface area contributed by atoms with Crippen LogP contribution in [0.5, 0.6) is 0 Å². The van der Waals surface area contributed by atoms with Gasteiger partial charge in [-0.2, -0.15) is 0 Å².